The Labute approximate surface area is 90.9 Å². The van der Waals surface area contributed by atoms with Crippen LogP contribution in [0.2, 0.25) is 0 Å². The van der Waals surface area contributed by atoms with Crippen LogP contribution in [0.15, 0.2) is 0 Å². The van der Waals surface area contributed by atoms with Crippen LogP contribution in [-0.4, -0.2) is 56.2 Å². The second-order valence-corrected chi connectivity index (χ2v) is 4.01. The van der Waals surface area contributed by atoms with Crippen LogP contribution in [-0.2, 0) is 9.53 Å². The average Bonchev–Trinajstić information content (AvgIpc) is 2.25. The minimum absolute atomic E-state index is 0.0886. The van der Waals surface area contributed by atoms with E-state index in [4.69, 9.17) is 10.5 Å². The molecule has 0 aromatic heterocycles. The van der Waals surface area contributed by atoms with Gasteiger partial charge in [0.15, 0.2) is 0 Å². The second kappa shape index (κ2) is 6.05. The quantitative estimate of drug-likeness (QED) is 0.642. The molecule has 0 saturated carbocycles. The largest absolute Gasteiger partial charge is 0.374 e. The number of rotatable bonds is 4. The van der Waals surface area contributed by atoms with E-state index in [1.165, 1.54) is 0 Å². The Kier molecular flexibility index (Phi) is 5.01. The van der Waals surface area contributed by atoms with E-state index in [0.717, 1.165) is 19.7 Å². The van der Waals surface area contributed by atoms with Crippen LogP contribution in [0.5, 0.6) is 0 Å². The maximum Gasteiger partial charge on any atom is 0.236 e. The highest BCUT2D eigenvalue weighted by Gasteiger charge is 2.19. The van der Waals surface area contributed by atoms with Gasteiger partial charge in [-0.15, -0.1) is 0 Å². The minimum Gasteiger partial charge on any atom is -0.374 e. The molecule has 1 heterocycles. The molecule has 1 saturated heterocycles. The van der Waals surface area contributed by atoms with E-state index in [9.17, 15) is 4.79 Å². The van der Waals surface area contributed by atoms with E-state index in [0.29, 0.717) is 13.0 Å². The summed E-state index contributed by atoms with van der Waals surface area (Å²) < 4.78 is 5.51. The monoisotopic (exact) mass is 215 g/mol. The van der Waals surface area contributed by atoms with Gasteiger partial charge in [0.05, 0.1) is 18.8 Å². The standard InChI is InChI=1S/C10H21N3O2/c1-3-9(11)10(14)12-6-8-7-13(2)4-5-15-8/h8-9H,3-7,11H2,1-2H3,(H,12,14)/t8?,9-/m0/s1. The molecule has 0 aliphatic carbocycles. The Balaban J connectivity index is 2.21. The number of likely N-dealkylation sites (N-methyl/N-ethyl adjacent to an activating group) is 1. The van der Waals surface area contributed by atoms with E-state index in [2.05, 4.69) is 17.3 Å². The predicted octanol–water partition coefficient (Wildman–Crippen LogP) is -0.829. The van der Waals surface area contributed by atoms with Crippen LogP contribution in [0, 0.1) is 0 Å². The molecule has 0 aromatic carbocycles. The summed E-state index contributed by atoms with van der Waals surface area (Å²) in [6, 6.07) is -0.397. The lowest BCUT2D eigenvalue weighted by atomic mass is 10.2. The molecule has 0 aromatic rings. The van der Waals surface area contributed by atoms with Gasteiger partial charge in [-0.25, -0.2) is 0 Å². The summed E-state index contributed by atoms with van der Waals surface area (Å²) in [7, 11) is 2.05. The maximum atomic E-state index is 11.4. The number of carbonyl (C=O) groups is 1. The summed E-state index contributed by atoms with van der Waals surface area (Å²) in [5, 5.41) is 2.81. The molecule has 3 N–H and O–H groups in total. The lowest BCUT2D eigenvalue weighted by Crippen LogP contribution is -2.48. The Bertz CT molecular complexity index is 211. The highest BCUT2D eigenvalue weighted by atomic mass is 16.5. The lowest BCUT2D eigenvalue weighted by Gasteiger charge is -2.30. The third kappa shape index (κ3) is 4.15. The number of carbonyl (C=O) groups excluding carboxylic acids is 1. The van der Waals surface area contributed by atoms with Crippen LogP contribution in [0.25, 0.3) is 0 Å². The van der Waals surface area contributed by atoms with Crippen LogP contribution in [0.3, 0.4) is 0 Å². The molecule has 15 heavy (non-hydrogen) atoms. The molecule has 0 spiro atoms. The summed E-state index contributed by atoms with van der Waals surface area (Å²) in [5.41, 5.74) is 5.60. The summed E-state index contributed by atoms with van der Waals surface area (Å²) in [6.45, 7) is 5.00. The molecule has 1 unspecified atom stereocenters. The van der Waals surface area contributed by atoms with Crippen molar-refractivity contribution in [2.45, 2.75) is 25.5 Å². The fraction of sp³-hybridized carbons (Fsp3) is 0.900. The molecular weight excluding hydrogens is 194 g/mol. The van der Waals surface area contributed by atoms with E-state index < -0.39 is 6.04 Å². The van der Waals surface area contributed by atoms with Crippen molar-refractivity contribution in [3.63, 3.8) is 0 Å². The van der Waals surface area contributed by atoms with Gasteiger partial charge in [0.2, 0.25) is 5.91 Å². The van der Waals surface area contributed by atoms with Gasteiger partial charge in [0.1, 0.15) is 0 Å². The first kappa shape index (κ1) is 12.4. The molecule has 1 aliphatic heterocycles. The highest BCUT2D eigenvalue weighted by Crippen LogP contribution is 2.01. The zero-order valence-electron chi connectivity index (χ0n) is 9.53. The van der Waals surface area contributed by atoms with Gasteiger partial charge in [-0.2, -0.15) is 0 Å². The van der Waals surface area contributed by atoms with Crippen molar-refractivity contribution in [3.8, 4) is 0 Å². The van der Waals surface area contributed by atoms with Crippen molar-refractivity contribution in [1.82, 2.24) is 10.2 Å². The first-order valence-electron chi connectivity index (χ1n) is 5.47. The number of nitrogens with one attached hydrogen (secondary N) is 1. The third-order valence-corrected chi connectivity index (χ3v) is 2.62. The third-order valence-electron chi connectivity index (χ3n) is 2.62. The topological polar surface area (TPSA) is 67.6 Å². The predicted molar refractivity (Wildman–Crippen MR) is 58.5 cm³/mol. The number of hydrogen-bond acceptors (Lipinski definition) is 4. The first-order chi connectivity index (χ1) is 7.13. The van der Waals surface area contributed by atoms with Gasteiger partial charge in [-0.05, 0) is 13.5 Å². The molecule has 88 valence electrons. The van der Waals surface area contributed by atoms with Crippen molar-refractivity contribution >= 4 is 5.91 Å². The molecule has 1 fully saturated rings. The fourth-order valence-corrected chi connectivity index (χ4v) is 1.52. The van der Waals surface area contributed by atoms with Gasteiger partial charge in [-0.3, -0.25) is 4.79 Å². The second-order valence-electron chi connectivity index (χ2n) is 4.01. The van der Waals surface area contributed by atoms with E-state index in [1.807, 2.05) is 6.92 Å². The molecule has 1 rings (SSSR count). The van der Waals surface area contributed by atoms with Gasteiger partial charge in [-0.1, -0.05) is 6.92 Å². The lowest BCUT2D eigenvalue weighted by molar-refractivity contribution is -0.123. The van der Waals surface area contributed by atoms with Crippen LogP contribution in [0.4, 0.5) is 0 Å². The summed E-state index contributed by atoms with van der Waals surface area (Å²) in [5.74, 6) is -0.0886. The Morgan fingerprint density at radius 2 is 2.47 bits per heavy atom. The molecule has 0 radical (unpaired) electrons. The molecule has 0 bridgehead atoms. The fourth-order valence-electron chi connectivity index (χ4n) is 1.52. The first-order valence-corrected chi connectivity index (χ1v) is 5.47. The van der Waals surface area contributed by atoms with Crippen LogP contribution < -0.4 is 11.1 Å². The van der Waals surface area contributed by atoms with Gasteiger partial charge < -0.3 is 20.7 Å². The van der Waals surface area contributed by atoms with Crippen molar-refractivity contribution < 1.29 is 9.53 Å². The smallest absolute Gasteiger partial charge is 0.236 e. The van der Waals surface area contributed by atoms with Crippen molar-refractivity contribution in [1.29, 1.82) is 0 Å². The molecule has 2 atom stereocenters. The van der Waals surface area contributed by atoms with Gasteiger partial charge in [0.25, 0.3) is 0 Å². The van der Waals surface area contributed by atoms with E-state index in [1.54, 1.807) is 0 Å². The number of nitrogens with zero attached hydrogens (tertiary/aromatic N) is 1. The molecule has 5 heteroatoms. The van der Waals surface area contributed by atoms with E-state index >= 15 is 0 Å². The van der Waals surface area contributed by atoms with Crippen molar-refractivity contribution in [3.05, 3.63) is 0 Å². The molecular formula is C10H21N3O2. The summed E-state index contributed by atoms with van der Waals surface area (Å²) in [6.07, 6.45) is 0.758. The SMILES string of the molecule is CC[C@H](N)C(=O)NCC1CN(C)CCO1. The zero-order chi connectivity index (χ0) is 11.3. The zero-order valence-corrected chi connectivity index (χ0v) is 9.53. The summed E-state index contributed by atoms with van der Waals surface area (Å²) in [4.78, 5) is 13.6. The average molecular weight is 215 g/mol. The normalized spacial score (nSPS) is 24.9. The Morgan fingerprint density at radius 3 is 3.07 bits per heavy atom. The number of amides is 1. The molecule has 1 amide bonds. The van der Waals surface area contributed by atoms with Gasteiger partial charge >= 0.3 is 0 Å². The summed E-state index contributed by atoms with van der Waals surface area (Å²) >= 11 is 0. The molecule has 1 aliphatic rings. The van der Waals surface area contributed by atoms with Crippen molar-refractivity contribution in [2.24, 2.45) is 5.73 Å². The Morgan fingerprint density at radius 1 is 1.73 bits per heavy atom. The Hall–Kier alpha value is -0.650. The van der Waals surface area contributed by atoms with E-state index in [-0.39, 0.29) is 12.0 Å². The van der Waals surface area contributed by atoms with Crippen LogP contribution in [0.1, 0.15) is 13.3 Å². The number of nitrogens with two attached hydrogens (primary N) is 1. The number of hydrogen-bond donors (Lipinski definition) is 2. The highest BCUT2D eigenvalue weighted by molar-refractivity contribution is 5.81. The minimum atomic E-state index is -0.397. The van der Waals surface area contributed by atoms with Crippen molar-refractivity contribution in [2.75, 3.05) is 33.3 Å². The maximum absolute atomic E-state index is 11.4. The van der Waals surface area contributed by atoms with Crippen LogP contribution >= 0.6 is 0 Å². The number of ether oxygens (including phenoxy) is 1. The number of morpholine rings is 1. The molecule has 5 nitrogen and oxygen atoms in total. The van der Waals surface area contributed by atoms with Gasteiger partial charge in [0, 0.05) is 19.6 Å².